The van der Waals surface area contributed by atoms with Crippen LogP contribution in [0.3, 0.4) is 0 Å². The third-order valence-corrected chi connectivity index (χ3v) is 1.46. The molecule has 0 radical (unpaired) electrons. The van der Waals surface area contributed by atoms with Crippen LogP contribution in [-0.4, -0.2) is 36.9 Å². The highest BCUT2D eigenvalue weighted by Gasteiger charge is 2.18. The fourth-order valence-electron chi connectivity index (χ4n) is 0.939. The molecule has 1 amide bonds. The summed E-state index contributed by atoms with van der Waals surface area (Å²) in [6, 6.07) is 0. The van der Waals surface area contributed by atoms with Gasteiger partial charge in [-0.2, -0.15) is 0 Å². The van der Waals surface area contributed by atoms with Crippen molar-refractivity contribution in [1.29, 1.82) is 0 Å². The molecule has 1 N–H and O–H groups in total. The summed E-state index contributed by atoms with van der Waals surface area (Å²) in [5.41, 5.74) is 0. The minimum Gasteiger partial charge on any atom is -0.447 e. The molecule has 1 aliphatic heterocycles. The van der Waals surface area contributed by atoms with Crippen LogP contribution < -0.4 is 5.32 Å². The molecular formula is C7H14N2O2. The Labute approximate surface area is 66.5 Å². The van der Waals surface area contributed by atoms with Gasteiger partial charge in [-0.15, -0.1) is 0 Å². The lowest BCUT2D eigenvalue weighted by Crippen LogP contribution is -2.31. The highest BCUT2D eigenvalue weighted by Crippen LogP contribution is 1.99. The summed E-state index contributed by atoms with van der Waals surface area (Å²) >= 11 is 0. The Morgan fingerprint density at radius 2 is 2.36 bits per heavy atom. The molecule has 11 heavy (non-hydrogen) atoms. The third-order valence-electron chi connectivity index (χ3n) is 1.46. The van der Waals surface area contributed by atoms with Gasteiger partial charge in [0.25, 0.3) is 0 Å². The average Bonchev–Trinajstić information content (AvgIpc) is 2.35. The Morgan fingerprint density at radius 3 is 2.82 bits per heavy atom. The molecule has 4 nitrogen and oxygen atoms in total. The van der Waals surface area contributed by atoms with Crippen molar-refractivity contribution >= 4 is 6.09 Å². The monoisotopic (exact) mass is 158 g/mol. The lowest BCUT2D eigenvalue weighted by Gasteiger charge is -2.16. The summed E-state index contributed by atoms with van der Waals surface area (Å²) in [6.07, 6.45) is -0.242. The SMILES string of the molecule is CC(C)OC(=O)N1CCNC1. The van der Waals surface area contributed by atoms with E-state index in [1.807, 2.05) is 13.8 Å². The highest BCUT2D eigenvalue weighted by molar-refractivity contribution is 5.67. The Bertz CT molecular complexity index is 141. The summed E-state index contributed by atoms with van der Waals surface area (Å²) in [7, 11) is 0. The fraction of sp³-hybridized carbons (Fsp3) is 0.857. The largest absolute Gasteiger partial charge is 0.447 e. The van der Waals surface area contributed by atoms with Crippen LogP contribution >= 0.6 is 0 Å². The first kappa shape index (κ1) is 8.33. The summed E-state index contributed by atoms with van der Waals surface area (Å²) in [5.74, 6) is 0. The minimum absolute atomic E-state index is 0.0249. The molecule has 0 bridgehead atoms. The number of carbonyl (C=O) groups is 1. The molecule has 0 atom stereocenters. The zero-order valence-corrected chi connectivity index (χ0v) is 6.96. The second kappa shape index (κ2) is 3.57. The van der Waals surface area contributed by atoms with Crippen LogP contribution in [0.4, 0.5) is 4.79 Å². The summed E-state index contributed by atoms with van der Waals surface area (Å²) < 4.78 is 4.98. The standard InChI is InChI=1S/C7H14N2O2/c1-6(2)11-7(10)9-4-3-8-5-9/h6,8H,3-5H2,1-2H3. The molecule has 1 rings (SSSR count). The number of nitrogens with zero attached hydrogens (tertiary/aromatic N) is 1. The maximum absolute atomic E-state index is 11.1. The van der Waals surface area contributed by atoms with E-state index in [1.54, 1.807) is 4.90 Å². The first-order chi connectivity index (χ1) is 5.20. The Morgan fingerprint density at radius 1 is 1.64 bits per heavy atom. The first-order valence-corrected chi connectivity index (χ1v) is 3.86. The average molecular weight is 158 g/mol. The Kier molecular flexibility index (Phi) is 2.70. The van der Waals surface area contributed by atoms with Crippen LogP contribution in [0.15, 0.2) is 0 Å². The van der Waals surface area contributed by atoms with E-state index in [2.05, 4.69) is 5.32 Å². The number of carbonyl (C=O) groups excluding carboxylic acids is 1. The maximum atomic E-state index is 11.1. The topological polar surface area (TPSA) is 41.6 Å². The number of ether oxygens (including phenoxy) is 1. The van der Waals surface area contributed by atoms with E-state index >= 15 is 0 Å². The molecule has 0 saturated carbocycles. The Balaban J connectivity index is 2.28. The van der Waals surface area contributed by atoms with Crippen molar-refractivity contribution in [3.05, 3.63) is 0 Å². The van der Waals surface area contributed by atoms with E-state index in [9.17, 15) is 4.79 Å². The quantitative estimate of drug-likeness (QED) is 0.600. The molecule has 0 aromatic rings. The van der Waals surface area contributed by atoms with Crippen molar-refractivity contribution in [1.82, 2.24) is 10.2 Å². The second-order valence-corrected chi connectivity index (χ2v) is 2.85. The number of amides is 1. The molecule has 0 unspecified atom stereocenters. The van der Waals surface area contributed by atoms with Crippen molar-refractivity contribution in [2.24, 2.45) is 0 Å². The van der Waals surface area contributed by atoms with Crippen molar-refractivity contribution in [3.8, 4) is 0 Å². The van der Waals surface area contributed by atoms with E-state index in [0.29, 0.717) is 6.67 Å². The molecule has 0 spiro atoms. The van der Waals surface area contributed by atoms with Gasteiger partial charge in [-0.1, -0.05) is 0 Å². The van der Waals surface area contributed by atoms with Crippen LogP contribution in [0.2, 0.25) is 0 Å². The van der Waals surface area contributed by atoms with Gasteiger partial charge in [0.15, 0.2) is 0 Å². The molecule has 4 heteroatoms. The predicted octanol–water partition coefficient (Wildman–Crippen LogP) is 0.394. The van der Waals surface area contributed by atoms with Gasteiger partial charge in [0, 0.05) is 13.1 Å². The number of hydrogen-bond acceptors (Lipinski definition) is 3. The molecule has 64 valence electrons. The molecule has 0 aliphatic carbocycles. The zero-order valence-electron chi connectivity index (χ0n) is 6.96. The van der Waals surface area contributed by atoms with E-state index < -0.39 is 0 Å². The molecular weight excluding hydrogens is 144 g/mol. The minimum atomic E-state index is -0.218. The normalized spacial score (nSPS) is 17.5. The van der Waals surface area contributed by atoms with Crippen molar-refractivity contribution in [2.45, 2.75) is 20.0 Å². The summed E-state index contributed by atoms with van der Waals surface area (Å²) in [4.78, 5) is 12.8. The lowest BCUT2D eigenvalue weighted by molar-refractivity contribution is 0.0834. The van der Waals surface area contributed by atoms with Gasteiger partial charge in [-0.25, -0.2) is 4.79 Å². The maximum Gasteiger partial charge on any atom is 0.411 e. The van der Waals surface area contributed by atoms with Gasteiger partial charge < -0.3 is 4.74 Å². The first-order valence-electron chi connectivity index (χ1n) is 3.86. The van der Waals surface area contributed by atoms with Crippen LogP contribution in [-0.2, 0) is 4.74 Å². The van der Waals surface area contributed by atoms with Crippen molar-refractivity contribution in [2.75, 3.05) is 19.8 Å². The molecule has 1 aliphatic rings. The molecule has 1 heterocycles. The van der Waals surface area contributed by atoms with Crippen LogP contribution in [0.25, 0.3) is 0 Å². The van der Waals surface area contributed by atoms with Crippen LogP contribution in [0.5, 0.6) is 0 Å². The Hall–Kier alpha value is -0.770. The number of rotatable bonds is 1. The van der Waals surface area contributed by atoms with E-state index in [4.69, 9.17) is 4.74 Å². The molecule has 1 saturated heterocycles. The molecule has 0 aromatic carbocycles. The zero-order chi connectivity index (χ0) is 8.27. The molecule has 0 aromatic heterocycles. The third kappa shape index (κ3) is 2.38. The van der Waals surface area contributed by atoms with E-state index in [-0.39, 0.29) is 12.2 Å². The fourth-order valence-corrected chi connectivity index (χ4v) is 0.939. The van der Waals surface area contributed by atoms with Gasteiger partial charge in [-0.05, 0) is 13.8 Å². The van der Waals surface area contributed by atoms with Gasteiger partial charge in [-0.3, -0.25) is 10.2 Å². The van der Waals surface area contributed by atoms with Crippen LogP contribution in [0.1, 0.15) is 13.8 Å². The van der Waals surface area contributed by atoms with Gasteiger partial charge >= 0.3 is 6.09 Å². The van der Waals surface area contributed by atoms with E-state index in [1.165, 1.54) is 0 Å². The van der Waals surface area contributed by atoms with Crippen molar-refractivity contribution in [3.63, 3.8) is 0 Å². The van der Waals surface area contributed by atoms with Gasteiger partial charge in [0.1, 0.15) is 0 Å². The van der Waals surface area contributed by atoms with Crippen molar-refractivity contribution < 1.29 is 9.53 Å². The molecule has 1 fully saturated rings. The lowest BCUT2D eigenvalue weighted by atomic mass is 10.5. The van der Waals surface area contributed by atoms with Crippen LogP contribution in [0, 0.1) is 0 Å². The number of nitrogens with one attached hydrogen (secondary N) is 1. The smallest absolute Gasteiger partial charge is 0.411 e. The predicted molar refractivity (Wildman–Crippen MR) is 41.2 cm³/mol. The highest BCUT2D eigenvalue weighted by atomic mass is 16.6. The van der Waals surface area contributed by atoms with Gasteiger partial charge in [0.2, 0.25) is 0 Å². The second-order valence-electron chi connectivity index (χ2n) is 2.85. The number of hydrogen-bond donors (Lipinski definition) is 1. The summed E-state index contributed by atoms with van der Waals surface area (Å²) in [6.45, 7) is 5.94. The van der Waals surface area contributed by atoms with Gasteiger partial charge in [0.05, 0.1) is 12.8 Å². The van der Waals surface area contributed by atoms with E-state index in [0.717, 1.165) is 13.1 Å². The summed E-state index contributed by atoms with van der Waals surface area (Å²) in [5, 5.41) is 3.05.